The van der Waals surface area contributed by atoms with Gasteiger partial charge in [-0.3, -0.25) is 0 Å². The molecule has 0 aliphatic carbocycles. The van der Waals surface area contributed by atoms with E-state index < -0.39 is 0 Å². The lowest BCUT2D eigenvalue weighted by Gasteiger charge is -2.33. The molecule has 50 heavy (non-hydrogen) atoms. The summed E-state index contributed by atoms with van der Waals surface area (Å²) < 4.78 is 5.76. The van der Waals surface area contributed by atoms with Crippen molar-refractivity contribution in [2.75, 3.05) is 47.5 Å². The summed E-state index contributed by atoms with van der Waals surface area (Å²) in [6.07, 6.45) is 15.4. The molecule has 0 aliphatic rings. The van der Waals surface area contributed by atoms with Gasteiger partial charge < -0.3 is 32.6 Å². The molecule has 0 saturated heterocycles. The van der Waals surface area contributed by atoms with Crippen molar-refractivity contribution in [2.24, 2.45) is 17.8 Å². The van der Waals surface area contributed by atoms with Crippen molar-refractivity contribution in [1.82, 2.24) is 0 Å². The highest BCUT2D eigenvalue weighted by molar-refractivity contribution is 5.60. The molecule has 3 aromatic rings. The number of ether oxygens (including phenoxy) is 1. The lowest BCUT2D eigenvalue weighted by atomic mass is 9.95. The first kappa shape index (κ1) is 44.5. The summed E-state index contributed by atoms with van der Waals surface area (Å²) in [5.74, 6) is 2.90. The van der Waals surface area contributed by atoms with Crippen LogP contribution in [0.25, 0.3) is 0 Å². The predicted molar refractivity (Wildman–Crippen MR) is 224 cm³/mol. The van der Waals surface area contributed by atoms with Crippen LogP contribution in [0.15, 0.2) is 60.7 Å². The van der Waals surface area contributed by atoms with E-state index in [2.05, 4.69) is 71.6 Å². The second-order valence-electron chi connectivity index (χ2n) is 14.2. The van der Waals surface area contributed by atoms with Crippen molar-refractivity contribution < 1.29 is 4.74 Å². The third kappa shape index (κ3) is 18.5. The number of anilines is 5. The molecule has 0 heterocycles. The van der Waals surface area contributed by atoms with Crippen molar-refractivity contribution in [3.8, 4) is 5.75 Å². The van der Waals surface area contributed by atoms with Crippen LogP contribution in [0.2, 0.25) is 0 Å². The van der Waals surface area contributed by atoms with E-state index in [0.717, 1.165) is 36.2 Å². The SMILES string of the molecule is CCCCC(CC)CN(CC(CC)CCCC)c1ccc(N)c(C)c1.CCCCC(CC)COc1cc(N)ccc1N.Cc1ccc(N)cc1. The summed E-state index contributed by atoms with van der Waals surface area (Å²) >= 11 is 0. The summed E-state index contributed by atoms with van der Waals surface area (Å²) in [4.78, 5) is 2.65. The molecule has 6 heteroatoms. The van der Waals surface area contributed by atoms with E-state index in [0.29, 0.717) is 23.0 Å². The van der Waals surface area contributed by atoms with Crippen LogP contribution in [0.1, 0.15) is 130 Å². The lowest BCUT2D eigenvalue weighted by molar-refractivity contribution is 0.234. The quantitative estimate of drug-likeness (QED) is 0.0877. The second-order valence-corrected chi connectivity index (χ2v) is 14.2. The molecule has 282 valence electrons. The van der Waals surface area contributed by atoms with Gasteiger partial charge in [-0.05, 0) is 98.9 Å². The van der Waals surface area contributed by atoms with E-state index in [1.807, 2.05) is 31.2 Å². The minimum atomic E-state index is 0.607. The molecule has 0 aliphatic heterocycles. The number of hydrogen-bond acceptors (Lipinski definition) is 6. The van der Waals surface area contributed by atoms with Crippen LogP contribution in [0.4, 0.5) is 28.4 Å². The van der Waals surface area contributed by atoms with Gasteiger partial charge in [0.1, 0.15) is 5.75 Å². The monoisotopic (exact) mass is 690 g/mol. The first-order chi connectivity index (χ1) is 24.0. The maximum absolute atomic E-state index is 6.06. The number of rotatable bonds is 20. The number of nitrogens with zero attached hydrogens (tertiary/aromatic N) is 1. The normalized spacial score (nSPS) is 12.5. The number of unbranched alkanes of at least 4 members (excludes halogenated alkanes) is 3. The fourth-order valence-corrected chi connectivity index (χ4v) is 5.95. The molecule has 0 saturated carbocycles. The molecule has 0 fully saturated rings. The van der Waals surface area contributed by atoms with Gasteiger partial charge in [-0.25, -0.2) is 0 Å². The molecule has 6 nitrogen and oxygen atoms in total. The highest BCUT2D eigenvalue weighted by Gasteiger charge is 2.18. The number of nitrogens with two attached hydrogens (primary N) is 4. The Kier molecular flexibility index (Phi) is 23.4. The van der Waals surface area contributed by atoms with Crippen LogP contribution >= 0.6 is 0 Å². The smallest absolute Gasteiger partial charge is 0.144 e. The molecule has 0 spiro atoms. The van der Waals surface area contributed by atoms with Crippen LogP contribution < -0.4 is 32.6 Å². The van der Waals surface area contributed by atoms with Gasteiger partial charge in [0.15, 0.2) is 0 Å². The Hall–Kier alpha value is -3.54. The zero-order valence-electron chi connectivity index (χ0n) is 33.3. The summed E-state index contributed by atoms with van der Waals surface area (Å²) in [6.45, 7) is 21.0. The highest BCUT2D eigenvalue weighted by Crippen LogP contribution is 2.27. The van der Waals surface area contributed by atoms with Gasteiger partial charge in [-0.1, -0.05) is 117 Å². The number of nitrogen functional groups attached to an aromatic ring is 4. The van der Waals surface area contributed by atoms with Crippen LogP contribution in [-0.2, 0) is 0 Å². The van der Waals surface area contributed by atoms with Gasteiger partial charge in [0, 0.05) is 41.9 Å². The molecular weight excluding hydrogens is 615 g/mol. The Bertz CT molecular complexity index is 1240. The van der Waals surface area contributed by atoms with Crippen molar-refractivity contribution in [2.45, 2.75) is 132 Å². The summed E-state index contributed by atoms with van der Waals surface area (Å²) in [7, 11) is 0. The first-order valence-electron chi connectivity index (χ1n) is 19.7. The van der Waals surface area contributed by atoms with E-state index >= 15 is 0 Å². The van der Waals surface area contributed by atoms with Gasteiger partial charge in [-0.2, -0.15) is 0 Å². The van der Waals surface area contributed by atoms with E-state index in [1.54, 1.807) is 18.2 Å². The Morgan fingerprint density at radius 3 is 1.50 bits per heavy atom. The van der Waals surface area contributed by atoms with Gasteiger partial charge in [0.05, 0.1) is 12.3 Å². The van der Waals surface area contributed by atoms with E-state index in [-0.39, 0.29) is 0 Å². The number of hydrogen-bond donors (Lipinski definition) is 4. The van der Waals surface area contributed by atoms with Crippen molar-refractivity contribution in [3.63, 3.8) is 0 Å². The summed E-state index contributed by atoms with van der Waals surface area (Å²) in [6, 6.07) is 19.7. The van der Waals surface area contributed by atoms with E-state index in [4.69, 9.17) is 27.7 Å². The van der Waals surface area contributed by atoms with Gasteiger partial charge >= 0.3 is 0 Å². The van der Waals surface area contributed by atoms with Crippen LogP contribution in [0.3, 0.4) is 0 Å². The van der Waals surface area contributed by atoms with Crippen molar-refractivity contribution in [3.05, 3.63) is 71.8 Å². The van der Waals surface area contributed by atoms with E-state index in [9.17, 15) is 0 Å². The molecule has 3 rings (SSSR count). The second kappa shape index (κ2) is 26.3. The Morgan fingerprint density at radius 2 is 1.04 bits per heavy atom. The molecule has 0 aromatic heterocycles. The molecule has 0 radical (unpaired) electrons. The Morgan fingerprint density at radius 1 is 0.560 bits per heavy atom. The number of benzene rings is 3. The Labute approximate surface area is 307 Å². The summed E-state index contributed by atoms with van der Waals surface area (Å²) in [5, 5.41) is 0. The largest absolute Gasteiger partial charge is 0.491 e. The standard InChI is InChI=1S/C23H42N2.C14H24N2O.C7H9N/c1-6-10-12-20(8-3)17-25(18-21(9-4)13-11-7-2)22-14-15-23(24)19(5)16-22;1-3-5-6-11(4-2)10-17-14-9-12(15)7-8-13(14)16;1-6-2-4-7(8)5-3-6/h14-16,20-21H,6-13,17-18,24H2,1-5H3;7-9,11H,3-6,10,15-16H2,1-2H3;2-5H,8H2,1H3. The summed E-state index contributed by atoms with van der Waals surface area (Å²) in [5.41, 5.74) is 29.9. The molecule has 0 amide bonds. The van der Waals surface area contributed by atoms with Crippen molar-refractivity contribution in [1.29, 1.82) is 0 Å². The highest BCUT2D eigenvalue weighted by atomic mass is 16.5. The molecule has 8 N–H and O–H groups in total. The third-order valence-corrected chi connectivity index (χ3v) is 9.80. The average molecular weight is 690 g/mol. The molecule has 3 unspecified atom stereocenters. The Balaban J connectivity index is 0.000000426. The fourth-order valence-electron chi connectivity index (χ4n) is 5.95. The van der Waals surface area contributed by atoms with Gasteiger partial charge in [0.25, 0.3) is 0 Å². The predicted octanol–water partition coefficient (Wildman–Crippen LogP) is 11.8. The first-order valence-corrected chi connectivity index (χ1v) is 19.7. The average Bonchev–Trinajstić information content (AvgIpc) is 3.12. The number of aryl methyl sites for hydroxylation is 2. The van der Waals surface area contributed by atoms with Gasteiger partial charge in [0.2, 0.25) is 0 Å². The van der Waals surface area contributed by atoms with Crippen LogP contribution in [-0.4, -0.2) is 19.7 Å². The fraction of sp³-hybridized carbons (Fsp3) is 0.591. The topological polar surface area (TPSA) is 117 Å². The molecule has 0 bridgehead atoms. The minimum Gasteiger partial charge on any atom is -0.491 e. The van der Waals surface area contributed by atoms with Crippen molar-refractivity contribution >= 4 is 28.4 Å². The van der Waals surface area contributed by atoms with E-state index in [1.165, 1.54) is 101 Å². The van der Waals surface area contributed by atoms with Crippen LogP contribution in [0.5, 0.6) is 5.75 Å². The molecular formula is C44H75N5O. The maximum Gasteiger partial charge on any atom is 0.144 e. The third-order valence-electron chi connectivity index (χ3n) is 9.80. The molecule has 3 atom stereocenters. The zero-order chi connectivity index (χ0) is 37.3. The maximum atomic E-state index is 6.06. The minimum absolute atomic E-state index is 0.607. The van der Waals surface area contributed by atoms with Crippen LogP contribution in [0, 0.1) is 31.6 Å². The molecule has 3 aromatic carbocycles. The lowest BCUT2D eigenvalue weighted by Crippen LogP contribution is -2.34. The van der Waals surface area contributed by atoms with Gasteiger partial charge in [-0.15, -0.1) is 0 Å². The zero-order valence-corrected chi connectivity index (χ0v) is 33.3.